The van der Waals surface area contributed by atoms with Gasteiger partial charge in [0, 0.05) is 17.7 Å². The molecule has 0 saturated heterocycles. The monoisotopic (exact) mass is 313 g/mol. The van der Waals surface area contributed by atoms with Gasteiger partial charge in [0.25, 0.3) is 0 Å². The molecule has 18 heavy (non-hydrogen) atoms. The maximum atomic E-state index is 5.84. The Morgan fingerprint density at radius 2 is 1.72 bits per heavy atom. The predicted octanol–water partition coefficient (Wildman–Crippen LogP) is 3.94. The van der Waals surface area contributed by atoms with Crippen LogP contribution in [0.25, 0.3) is 0 Å². The standard InChI is InChI=1S/C15H24BrNO/c1-12(2)7-9-18-10-8-14(11-17)13-3-5-15(16)6-4-13/h3-6,12,14H,7-11,17H2,1-2H3. The molecule has 3 heteroatoms. The van der Waals surface area contributed by atoms with Crippen LogP contribution in [0.1, 0.15) is 38.2 Å². The quantitative estimate of drug-likeness (QED) is 0.738. The Morgan fingerprint density at radius 3 is 2.28 bits per heavy atom. The van der Waals surface area contributed by atoms with Crippen LogP contribution in [0.2, 0.25) is 0 Å². The number of nitrogens with two attached hydrogens (primary N) is 1. The molecule has 0 amide bonds. The summed E-state index contributed by atoms with van der Waals surface area (Å²) in [5.74, 6) is 1.11. The summed E-state index contributed by atoms with van der Waals surface area (Å²) in [5.41, 5.74) is 7.14. The minimum Gasteiger partial charge on any atom is -0.381 e. The van der Waals surface area contributed by atoms with E-state index in [1.165, 1.54) is 5.56 Å². The first kappa shape index (κ1) is 15.7. The molecule has 102 valence electrons. The van der Waals surface area contributed by atoms with Crippen molar-refractivity contribution < 1.29 is 4.74 Å². The molecule has 1 aromatic rings. The number of hydrogen-bond acceptors (Lipinski definition) is 2. The van der Waals surface area contributed by atoms with Gasteiger partial charge in [0.2, 0.25) is 0 Å². The van der Waals surface area contributed by atoms with Gasteiger partial charge in [-0.25, -0.2) is 0 Å². The van der Waals surface area contributed by atoms with Gasteiger partial charge in [0.15, 0.2) is 0 Å². The van der Waals surface area contributed by atoms with E-state index in [1.807, 2.05) is 0 Å². The summed E-state index contributed by atoms with van der Waals surface area (Å²) in [6.07, 6.45) is 2.13. The Labute approximate surface area is 119 Å². The molecule has 0 radical (unpaired) electrons. The van der Waals surface area contributed by atoms with Crippen molar-refractivity contribution in [1.29, 1.82) is 0 Å². The molecule has 1 aromatic carbocycles. The highest BCUT2D eigenvalue weighted by Gasteiger charge is 2.09. The molecule has 2 nitrogen and oxygen atoms in total. The summed E-state index contributed by atoms with van der Waals surface area (Å²) in [6.45, 7) is 6.76. The Kier molecular flexibility index (Phi) is 7.56. The zero-order chi connectivity index (χ0) is 13.4. The Bertz CT molecular complexity index is 324. The van der Waals surface area contributed by atoms with E-state index in [0.717, 1.165) is 30.5 Å². The lowest BCUT2D eigenvalue weighted by molar-refractivity contribution is 0.117. The minimum atomic E-state index is 0.400. The second-order valence-electron chi connectivity index (χ2n) is 5.07. The summed E-state index contributed by atoms with van der Waals surface area (Å²) in [5, 5.41) is 0. The van der Waals surface area contributed by atoms with Gasteiger partial charge >= 0.3 is 0 Å². The zero-order valence-corrected chi connectivity index (χ0v) is 12.9. The summed E-state index contributed by atoms with van der Waals surface area (Å²) < 4.78 is 6.76. The van der Waals surface area contributed by atoms with E-state index >= 15 is 0 Å². The SMILES string of the molecule is CC(C)CCOCCC(CN)c1ccc(Br)cc1. The van der Waals surface area contributed by atoms with E-state index in [1.54, 1.807) is 0 Å². The van der Waals surface area contributed by atoms with Gasteiger partial charge in [-0.15, -0.1) is 0 Å². The lowest BCUT2D eigenvalue weighted by Gasteiger charge is -2.15. The second-order valence-corrected chi connectivity index (χ2v) is 5.98. The zero-order valence-electron chi connectivity index (χ0n) is 11.4. The van der Waals surface area contributed by atoms with E-state index in [9.17, 15) is 0 Å². The topological polar surface area (TPSA) is 35.2 Å². The predicted molar refractivity (Wildman–Crippen MR) is 80.8 cm³/mol. The van der Waals surface area contributed by atoms with Gasteiger partial charge in [0.1, 0.15) is 0 Å². The van der Waals surface area contributed by atoms with Gasteiger partial charge in [0.05, 0.1) is 0 Å². The van der Waals surface area contributed by atoms with Crippen LogP contribution in [-0.4, -0.2) is 19.8 Å². The molecule has 0 aliphatic heterocycles. The van der Waals surface area contributed by atoms with Crippen molar-refractivity contribution in [1.82, 2.24) is 0 Å². The molecule has 0 heterocycles. The third-order valence-electron chi connectivity index (χ3n) is 3.08. The highest BCUT2D eigenvalue weighted by molar-refractivity contribution is 9.10. The average molecular weight is 314 g/mol. The van der Waals surface area contributed by atoms with Crippen LogP contribution in [0.5, 0.6) is 0 Å². The van der Waals surface area contributed by atoms with Crippen molar-refractivity contribution in [2.24, 2.45) is 11.7 Å². The van der Waals surface area contributed by atoms with Crippen LogP contribution >= 0.6 is 15.9 Å². The van der Waals surface area contributed by atoms with Gasteiger partial charge < -0.3 is 10.5 Å². The van der Waals surface area contributed by atoms with Gasteiger partial charge in [-0.3, -0.25) is 0 Å². The Morgan fingerprint density at radius 1 is 1.11 bits per heavy atom. The van der Waals surface area contributed by atoms with Gasteiger partial charge in [-0.2, -0.15) is 0 Å². The number of benzene rings is 1. The van der Waals surface area contributed by atoms with Crippen molar-refractivity contribution in [3.05, 3.63) is 34.3 Å². The maximum absolute atomic E-state index is 5.84. The van der Waals surface area contributed by atoms with Crippen LogP contribution < -0.4 is 5.73 Å². The summed E-state index contributed by atoms with van der Waals surface area (Å²) >= 11 is 3.45. The normalized spacial score (nSPS) is 12.9. The Balaban J connectivity index is 2.31. The van der Waals surface area contributed by atoms with Crippen molar-refractivity contribution in [2.45, 2.75) is 32.6 Å². The maximum Gasteiger partial charge on any atom is 0.0472 e. The highest BCUT2D eigenvalue weighted by atomic mass is 79.9. The van der Waals surface area contributed by atoms with Gasteiger partial charge in [-0.05, 0) is 48.9 Å². The van der Waals surface area contributed by atoms with Crippen molar-refractivity contribution in [3.63, 3.8) is 0 Å². The average Bonchev–Trinajstić information content (AvgIpc) is 2.35. The number of hydrogen-bond donors (Lipinski definition) is 1. The first-order valence-electron chi connectivity index (χ1n) is 6.66. The van der Waals surface area contributed by atoms with E-state index in [4.69, 9.17) is 10.5 Å². The highest BCUT2D eigenvalue weighted by Crippen LogP contribution is 2.21. The molecule has 0 aliphatic rings. The number of halogens is 1. The van der Waals surface area contributed by atoms with Crippen LogP contribution in [0, 0.1) is 5.92 Å². The molecule has 0 spiro atoms. The number of ether oxygens (including phenoxy) is 1. The van der Waals surface area contributed by atoms with E-state index < -0.39 is 0 Å². The molecular weight excluding hydrogens is 290 g/mol. The lowest BCUT2D eigenvalue weighted by Crippen LogP contribution is -2.15. The number of rotatable bonds is 8. The fourth-order valence-electron chi connectivity index (χ4n) is 1.80. The molecule has 0 bridgehead atoms. The molecule has 0 aliphatic carbocycles. The molecule has 1 atom stereocenters. The van der Waals surface area contributed by atoms with E-state index in [0.29, 0.717) is 18.4 Å². The first-order valence-corrected chi connectivity index (χ1v) is 7.46. The lowest BCUT2D eigenvalue weighted by atomic mass is 9.96. The fourth-order valence-corrected chi connectivity index (χ4v) is 2.07. The largest absolute Gasteiger partial charge is 0.381 e. The smallest absolute Gasteiger partial charge is 0.0472 e. The molecule has 1 unspecified atom stereocenters. The third-order valence-corrected chi connectivity index (χ3v) is 3.60. The summed E-state index contributed by atoms with van der Waals surface area (Å²) in [7, 11) is 0. The molecular formula is C15H24BrNO. The van der Waals surface area contributed by atoms with Crippen molar-refractivity contribution >= 4 is 15.9 Å². The molecule has 0 saturated carbocycles. The molecule has 0 fully saturated rings. The second kappa shape index (κ2) is 8.68. The first-order chi connectivity index (χ1) is 8.63. The minimum absolute atomic E-state index is 0.400. The fraction of sp³-hybridized carbons (Fsp3) is 0.600. The van der Waals surface area contributed by atoms with Crippen LogP contribution in [0.3, 0.4) is 0 Å². The van der Waals surface area contributed by atoms with Gasteiger partial charge in [-0.1, -0.05) is 41.9 Å². The molecule has 1 rings (SSSR count). The molecule has 2 N–H and O–H groups in total. The Hall–Kier alpha value is -0.380. The van der Waals surface area contributed by atoms with Crippen LogP contribution in [0.15, 0.2) is 28.7 Å². The van der Waals surface area contributed by atoms with Crippen LogP contribution in [-0.2, 0) is 4.74 Å². The summed E-state index contributed by atoms with van der Waals surface area (Å²) in [6, 6.07) is 8.40. The third kappa shape index (κ3) is 5.98. The van der Waals surface area contributed by atoms with E-state index in [2.05, 4.69) is 54.0 Å². The van der Waals surface area contributed by atoms with Crippen molar-refractivity contribution in [2.75, 3.05) is 19.8 Å². The van der Waals surface area contributed by atoms with Crippen LogP contribution in [0.4, 0.5) is 0 Å². The van der Waals surface area contributed by atoms with E-state index in [-0.39, 0.29) is 0 Å². The molecule has 0 aromatic heterocycles. The summed E-state index contributed by atoms with van der Waals surface area (Å²) in [4.78, 5) is 0. The van der Waals surface area contributed by atoms with Crippen molar-refractivity contribution in [3.8, 4) is 0 Å².